The molecule has 0 radical (unpaired) electrons. The van der Waals surface area contributed by atoms with Crippen molar-refractivity contribution in [1.29, 1.82) is 0 Å². The van der Waals surface area contributed by atoms with E-state index in [0.717, 1.165) is 22.4 Å². The Hall–Kier alpha value is -2.02. The average molecular weight is 224 g/mol. The summed E-state index contributed by atoms with van der Waals surface area (Å²) in [6.45, 7) is 8.06. The average Bonchev–Trinajstić information content (AvgIpc) is 2.35. The van der Waals surface area contributed by atoms with Crippen LogP contribution in [-0.4, -0.2) is 0 Å². The van der Waals surface area contributed by atoms with Crippen molar-refractivity contribution >= 4 is 5.76 Å². The van der Waals surface area contributed by atoms with E-state index in [2.05, 4.69) is 6.58 Å². The fraction of sp³-hybridized carbons (Fsp3) is 0.125. The molecule has 0 aliphatic heterocycles. The van der Waals surface area contributed by atoms with Crippen LogP contribution in [-0.2, 0) is 0 Å². The highest BCUT2D eigenvalue weighted by Gasteiger charge is 2.06. The van der Waals surface area contributed by atoms with Gasteiger partial charge in [-0.1, -0.05) is 55.1 Å². The summed E-state index contributed by atoms with van der Waals surface area (Å²) in [4.78, 5) is 0. The van der Waals surface area contributed by atoms with Crippen LogP contribution in [0.15, 0.2) is 55.1 Å². The summed E-state index contributed by atoms with van der Waals surface area (Å²) in [5.74, 6) is 1.59. The van der Waals surface area contributed by atoms with Gasteiger partial charge in [0.2, 0.25) is 0 Å². The molecule has 0 saturated heterocycles. The normalized spacial score (nSPS) is 10.0. The fourth-order valence-corrected chi connectivity index (χ4v) is 1.77. The monoisotopic (exact) mass is 224 g/mol. The number of hydrogen-bond acceptors (Lipinski definition) is 1. The molecule has 0 bridgehead atoms. The van der Waals surface area contributed by atoms with Crippen molar-refractivity contribution in [2.24, 2.45) is 0 Å². The lowest BCUT2D eigenvalue weighted by molar-refractivity contribution is 0.508. The zero-order chi connectivity index (χ0) is 12.3. The third-order valence-corrected chi connectivity index (χ3v) is 2.73. The van der Waals surface area contributed by atoms with Gasteiger partial charge in [-0.25, -0.2) is 0 Å². The first kappa shape index (κ1) is 11.5. The van der Waals surface area contributed by atoms with Crippen LogP contribution in [0.5, 0.6) is 5.75 Å². The first-order valence-corrected chi connectivity index (χ1v) is 5.67. The van der Waals surface area contributed by atoms with Crippen molar-refractivity contribution in [1.82, 2.24) is 0 Å². The van der Waals surface area contributed by atoms with Crippen LogP contribution in [0.3, 0.4) is 0 Å². The number of ether oxygens (including phenoxy) is 1. The molecule has 0 aliphatic carbocycles. The van der Waals surface area contributed by atoms with Crippen molar-refractivity contribution in [3.05, 3.63) is 71.8 Å². The lowest BCUT2D eigenvalue weighted by Crippen LogP contribution is -1.96. The van der Waals surface area contributed by atoms with Gasteiger partial charge in [-0.2, -0.15) is 0 Å². The molecule has 1 nitrogen and oxygen atoms in total. The van der Waals surface area contributed by atoms with Gasteiger partial charge in [0.05, 0.1) is 0 Å². The van der Waals surface area contributed by atoms with Crippen LogP contribution in [0.4, 0.5) is 0 Å². The maximum absolute atomic E-state index is 5.87. The minimum absolute atomic E-state index is 0.683. The summed E-state index contributed by atoms with van der Waals surface area (Å²) >= 11 is 0. The molecule has 17 heavy (non-hydrogen) atoms. The number of aryl methyl sites for hydroxylation is 2. The number of hydrogen-bond donors (Lipinski definition) is 0. The predicted molar refractivity (Wildman–Crippen MR) is 72.0 cm³/mol. The first-order valence-electron chi connectivity index (χ1n) is 5.67. The Morgan fingerprint density at radius 3 is 2.06 bits per heavy atom. The van der Waals surface area contributed by atoms with Gasteiger partial charge in [0.1, 0.15) is 11.5 Å². The predicted octanol–water partition coefficient (Wildman–Crippen LogP) is 4.35. The Bertz CT molecular complexity index is 506. The fourth-order valence-electron chi connectivity index (χ4n) is 1.77. The van der Waals surface area contributed by atoms with E-state index in [1.807, 2.05) is 62.4 Å². The molecule has 2 aromatic rings. The van der Waals surface area contributed by atoms with Crippen molar-refractivity contribution in [3.8, 4) is 5.75 Å². The highest BCUT2D eigenvalue weighted by molar-refractivity contribution is 5.60. The highest BCUT2D eigenvalue weighted by Crippen LogP contribution is 2.26. The van der Waals surface area contributed by atoms with Crippen LogP contribution < -0.4 is 4.74 Å². The largest absolute Gasteiger partial charge is 0.457 e. The van der Waals surface area contributed by atoms with Crippen LogP contribution >= 0.6 is 0 Å². The van der Waals surface area contributed by atoms with E-state index in [1.54, 1.807) is 0 Å². The van der Waals surface area contributed by atoms with E-state index < -0.39 is 0 Å². The van der Waals surface area contributed by atoms with Crippen molar-refractivity contribution in [2.45, 2.75) is 13.8 Å². The summed E-state index contributed by atoms with van der Waals surface area (Å²) in [7, 11) is 0. The Labute approximate surface area is 102 Å². The molecule has 1 heteroatoms. The minimum Gasteiger partial charge on any atom is -0.457 e. The molecule has 2 aromatic carbocycles. The zero-order valence-electron chi connectivity index (χ0n) is 10.2. The molecule has 0 unspecified atom stereocenters. The van der Waals surface area contributed by atoms with Crippen molar-refractivity contribution in [3.63, 3.8) is 0 Å². The standard InChI is InChI=1S/C16H16O/c1-12-8-7-9-13(2)16(12)17-14(3)15-10-5-4-6-11-15/h4-11H,3H2,1-2H3. The highest BCUT2D eigenvalue weighted by atomic mass is 16.5. The summed E-state index contributed by atoms with van der Waals surface area (Å²) < 4.78 is 5.87. The van der Waals surface area contributed by atoms with Gasteiger partial charge in [-0.15, -0.1) is 0 Å². The van der Waals surface area contributed by atoms with Gasteiger partial charge in [-0.3, -0.25) is 0 Å². The second-order valence-electron chi connectivity index (χ2n) is 4.11. The molecule has 0 N–H and O–H groups in total. The van der Waals surface area contributed by atoms with Gasteiger partial charge in [0.15, 0.2) is 0 Å². The Balaban J connectivity index is 2.25. The second-order valence-corrected chi connectivity index (χ2v) is 4.11. The lowest BCUT2D eigenvalue weighted by atomic mass is 10.1. The molecule has 0 aromatic heterocycles. The van der Waals surface area contributed by atoms with Gasteiger partial charge in [-0.05, 0) is 25.0 Å². The lowest BCUT2D eigenvalue weighted by Gasteiger charge is -2.13. The molecule has 0 saturated carbocycles. The first-order chi connectivity index (χ1) is 8.18. The van der Waals surface area contributed by atoms with Gasteiger partial charge in [0, 0.05) is 5.56 Å². The van der Waals surface area contributed by atoms with Gasteiger partial charge < -0.3 is 4.74 Å². The van der Waals surface area contributed by atoms with Gasteiger partial charge in [0.25, 0.3) is 0 Å². The van der Waals surface area contributed by atoms with E-state index in [0.29, 0.717) is 5.76 Å². The molecule has 0 spiro atoms. The Morgan fingerprint density at radius 2 is 1.47 bits per heavy atom. The second kappa shape index (κ2) is 4.88. The summed E-state index contributed by atoms with van der Waals surface area (Å²) in [6.07, 6.45) is 0. The third-order valence-electron chi connectivity index (χ3n) is 2.73. The Morgan fingerprint density at radius 1 is 0.882 bits per heavy atom. The molecule has 0 aliphatic rings. The number of rotatable bonds is 3. The zero-order valence-corrected chi connectivity index (χ0v) is 10.2. The molecule has 0 fully saturated rings. The van der Waals surface area contributed by atoms with Crippen LogP contribution in [0.2, 0.25) is 0 Å². The van der Waals surface area contributed by atoms with E-state index in [-0.39, 0.29) is 0 Å². The molecule has 0 amide bonds. The molecular weight excluding hydrogens is 208 g/mol. The van der Waals surface area contributed by atoms with E-state index in [4.69, 9.17) is 4.74 Å². The quantitative estimate of drug-likeness (QED) is 0.704. The maximum Gasteiger partial charge on any atom is 0.133 e. The van der Waals surface area contributed by atoms with Gasteiger partial charge >= 0.3 is 0 Å². The third kappa shape index (κ3) is 2.56. The summed E-state index contributed by atoms with van der Waals surface area (Å²) in [5, 5.41) is 0. The van der Waals surface area contributed by atoms with Crippen LogP contribution in [0.25, 0.3) is 5.76 Å². The van der Waals surface area contributed by atoms with E-state index in [1.165, 1.54) is 0 Å². The maximum atomic E-state index is 5.87. The summed E-state index contributed by atoms with van der Waals surface area (Å²) in [5.41, 5.74) is 3.26. The van der Waals surface area contributed by atoms with E-state index >= 15 is 0 Å². The molecule has 2 rings (SSSR count). The van der Waals surface area contributed by atoms with E-state index in [9.17, 15) is 0 Å². The topological polar surface area (TPSA) is 9.23 Å². The van der Waals surface area contributed by atoms with Crippen LogP contribution in [0, 0.1) is 13.8 Å². The minimum atomic E-state index is 0.683. The smallest absolute Gasteiger partial charge is 0.133 e. The molecule has 86 valence electrons. The van der Waals surface area contributed by atoms with Crippen LogP contribution in [0.1, 0.15) is 16.7 Å². The number of para-hydroxylation sites is 1. The Kier molecular flexibility index (Phi) is 3.29. The molecule has 0 heterocycles. The van der Waals surface area contributed by atoms with Crippen molar-refractivity contribution in [2.75, 3.05) is 0 Å². The van der Waals surface area contributed by atoms with Crippen molar-refractivity contribution < 1.29 is 4.74 Å². The molecule has 0 atom stereocenters. The molecular formula is C16H16O. The SMILES string of the molecule is C=C(Oc1c(C)cccc1C)c1ccccc1. The number of benzene rings is 2. The summed E-state index contributed by atoms with van der Waals surface area (Å²) in [6, 6.07) is 16.1.